The molecule has 9 nitrogen and oxygen atoms in total. The zero-order chi connectivity index (χ0) is 21.1. The van der Waals surface area contributed by atoms with Crippen molar-refractivity contribution in [2.45, 2.75) is 13.0 Å². The van der Waals surface area contributed by atoms with Gasteiger partial charge in [-0.05, 0) is 31.2 Å². The van der Waals surface area contributed by atoms with Crippen LogP contribution in [0.5, 0.6) is 5.75 Å². The number of rotatable bonds is 7. The second-order valence-corrected chi connectivity index (χ2v) is 6.74. The van der Waals surface area contributed by atoms with Crippen molar-refractivity contribution in [3.63, 3.8) is 0 Å². The highest BCUT2D eigenvalue weighted by atomic mass is 16.5. The number of carbonyl (C=O) groups is 1. The number of aliphatic hydroxyl groups excluding tert-OH is 1. The summed E-state index contributed by atoms with van der Waals surface area (Å²) >= 11 is 0. The van der Waals surface area contributed by atoms with Crippen LogP contribution >= 0.6 is 0 Å². The Labute approximate surface area is 172 Å². The molecule has 3 N–H and O–H groups in total. The molecule has 1 amide bonds. The van der Waals surface area contributed by atoms with E-state index in [2.05, 4.69) is 20.7 Å². The molecule has 0 radical (unpaired) electrons. The molecule has 0 aliphatic rings. The number of hydrogen-bond donors (Lipinski definition) is 3. The second kappa shape index (κ2) is 8.34. The van der Waals surface area contributed by atoms with Crippen molar-refractivity contribution in [1.82, 2.24) is 24.9 Å². The number of anilines is 1. The molecule has 0 fully saturated rings. The van der Waals surface area contributed by atoms with E-state index in [-0.39, 0.29) is 19.1 Å². The maximum absolute atomic E-state index is 12.2. The van der Waals surface area contributed by atoms with Crippen molar-refractivity contribution in [2.24, 2.45) is 0 Å². The van der Waals surface area contributed by atoms with Gasteiger partial charge in [-0.25, -0.2) is 9.97 Å². The number of nitrogens with one attached hydrogen (secondary N) is 2. The summed E-state index contributed by atoms with van der Waals surface area (Å²) in [5.41, 5.74) is 2.17. The second-order valence-electron chi connectivity index (χ2n) is 6.74. The lowest BCUT2D eigenvalue weighted by molar-refractivity contribution is -0.121. The monoisotopic (exact) mass is 406 g/mol. The van der Waals surface area contributed by atoms with Gasteiger partial charge in [0.25, 0.3) is 0 Å². The number of aliphatic hydroxyl groups is 1. The van der Waals surface area contributed by atoms with Gasteiger partial charge in [0, 0.05) is 17.5 Å². The van der Waals surface area contributed by atoms with Crippen LogP contribution in [0.3, 0.4) is 0 Å². The summed E-state index contributed by atoms with van der Waals surface area (Å²) in [6.07, 6.45) is 0. The first-order valence-electron chi connectivity index (χ1n) is 9.55. The van der Waals surface area contributed by atoms with Crippen LogP contribution in [0.2, 0.25) is 0 Å². The first-order chi connectivity index (χ1) is 14.6. The Morgan fingerprint density at radius 1 is 1.20 bits per heavy atom. The molecule has 0 aliphatic carbocycles. The first-order valence-corrected chi connectivity index (χ1v) is 9.55. The number of para-hydroxylation sites is 1. The molecular formula is C21H22N6O3. The van der Waals surface area contributed by atoms with E-state index in [0.717, 1.165) is 16.5 Å². The molecule has 1 atom stereocenters. The smallest absolute Gasteiger partial charge is 0.242 e. The van der Waals surface area contributed by atoms with Crippen LogP contribution in [0.25, 0.3) is 27.9 Å². The average molecular weight is 406 g/mol. The zero-order valence-corrected chi connectivity index (χ0v) is 16.7. The van der Waals surface area contributed by atoms with E-state index in [0.29, 0.717) is 23.2 Å². The minimum atomic E-state index is -0.585. The number of ether oxygens (including phenoxy) is 1. The third-order valence-corrected chi connectivity index (χ3v) is 4.66. The van der Waals surface area contributed by atoms with E-state index >= 15 is 0 Å². The number of methoxy groups -OCH3 is 1. The van der Waals surface area contributed by atoms with E-state index in [1.54, 1.807) is 18.5 Å². The van der Waals surface area contributed by atoms with E-state index < -0.39 is 6.04 Å². The molecule has 0 aliphatic heterocycles. The van der Waals surface area contributed by atoms with Crippen molar-refractivity contribution in [3.05, 3.63) is 48.5 Å². The van der Waals surface area contributed by atoms with Crippen molar-refractivity contribution < 1.29 is 14.6 Å². The third kappa shape index (κ3) is 3.74. The van der Waals surface area contributed by atoms with Gasteiger partial charge in [-0.2, -0.15) is 4.52 Å². The number of carbonyl (C=O) groups excluding carboxylic acids is 1. The number of aromatic nitrogens is 4. The highest BCUT2D eigenvalue weighted by Gasteiger charge is 2.18. The van der Waals surface area contributed by atoms with E-state index in [9.17, 15) is 4.79 Å². The Kier molecular flexibility index (Phi) is 5.44. The lowest BCUT2D eigenvalue weighted by Crippen LogP contribution is -2.39. The van der Waals surface area contributed by atoms with Crippen molar-refractivity contribution in [3.8, 4) is 17.1 Å². The minimum absolute atomic E-state index is 0.121. The molecule has 4 aromatic rings. The number of fused-ring (bicyclic) bond motifs is 3. The summed E-state index contributed by atoms with van der Waals surface area (Å²) in [4.78, 5) is 21.6. The van der Waals surface area contributed by atoms with Crippen molar-refractivity contribution in [1.29, 1.82) is 0 Å². The van der Waals surface area contributed by atoms with E-state index in [1.165, 1.54) is 0 Å². The van der Waals surface area contributed by atoms with Gasteiger partial charge in [-0.1, -0.05) is 24.3 Å². The van der Waals surface area contributed by atoms with Crippen molar-refractivity contribution >= 4 is 28.4 Å². The lowest BCUT2D eigenvalue weighted by atomic mass is 10.2. The SMILES string of the molecule is COc1cccc(-c2nc3c4ccccc4nc(N[C@H](C)C(=O)NCCO)n3n2)c1. The van der Waals surface area contributed by atoms with Crippen LogP contribution in [-0.2, 0) is 4.79 Å². The van der Waals surface area contributed by atoms with Crippen LogP contribution in [0.1, 0.15) is 6.92 Å². The quantitative estimate of drug-likeness (QED) is 0.429. The van der Waals surface area contributed by atoms with Gasteiger partial charge in [0.15, 0.2) is 11.5 Å². The molecule has 0 unspecified atom stereocenters. The van der Waals surface area contributed by atoms with Gasteiger partial charge in [-0.15, -0.1) is 5.10 Å². The van der Waals surface area contributed by atoms with Crippen LogP contribution in [0.15, 0.2) is 48.5 Å². The number of benzene rings is 2. The van der Waals surface area contributed by atoms with Gasteiger partial charge < -0.3 is 20.5 Å². The number of nitrogens with zero attached hydrogens (tertiary/aromatic N) is 4. The number of hydrogen-bond acceptors (Lipinski definition) is 7. The highest BCUT2D eigenvalue weighted by Crippen LogP contribution is 2.26. The topological polar surface area (TPSA) is 114 Å². The van der Waals surface area contributed by atoms with Crippen LogP contribution in [0.4, 0.5) is 5.95 Å². The molecule has 30 heavy (non-hydrogen) atoms. The van der Waals surface area contributed by atoms with Gasteiger partial charge >= 0.3 is 0 Å². The molecule has 2 aromatic heterocycles. The summed E-state index contributed by atoms with van der Waals surface area (Å²) in [7, 11) is 1.61. The Bertz CT molecular complexity index is 1210. The van der Waals surface area contributed by atoms with Gasteiger partial charge in [-0.3, -0.25) is 4.79 Å². The molecule has 2 aromatic carbocycles. The Morgan fingerprint density at radius 3 is 2.83 bits per heavy atom. The van der Waals surface area contributed by atoms with Gasteiger partial charge in [0.05, 0.1) is 19.2 Å². The largest absolute Gasteiger partial charge is 0.497 e. The van der Waals surface area contributed by atoms with Gasteiger partial charge in [0.2, 0.25) is 11.9 Å². The summed E-state index contributed by atoms with van der Waals surface area (Å²) in [5, 5.41) is 20.1. The summed E-state index contributed by atoms with van der Waals surface area (Å²) in [6, 6.07) is 14.6. The third-order valence-electron chi connectivity index (χ3n) is 4.66. The Morgan fingerprint density at radius 2 is 2.03 bits per heavy atom. The standard InChI is InChI=1S/C21H22N6O3/c1-13(20(29)22-10-11-28)23-21-24-17-9-4-3-8-16(17)19-25-18(26-27(19)21)14-6-5-7-15(12-14)30-2/h3-9,12-13,28H,10-11H2,1-2H3,(H,22,29)(H,23,24)/t13-/m1/s1. The fraction of sp³-hybridized carbons (Fsp3) is 0.238. The zero-order valence-electron chi connectivity index (χ0n) is 16.7. The maximum Gasteiger partial charge on any atom is 0.242 e. The molecule has 9 heteroatoms. The van der Waals surface area contributed by atoms with Crippen molar-refractivity contribution in [2.75, 3.05) is 25.6 Å². The molecule has 0 saturated carbocycles. The van der Waals surface area contributed by atoms with Gasteiger partial charge in [0.1, 0.15) is 11.8 Å². The maximum atomic E-state index is 12.2. The summed E-state index contributed by atoms with van der Waals surface area (Å²) in [6.45, 7) is 1.79. The molecule has 154 valence electrons. The van der Waals surface area contributed by atoms with Crippen LogP contribution < -0.4 is 15.4 Å². The average Bonchev–Trinajstić information content (AvgIpc) is 3.23. The minimum Gasteiger partial charge on any atom is -0.497 e. The number of amides is 1. The molecular weight excluding hydrogens is 384 g/mol. The molecule has 4 rings (SSSR count). The fourth-order valence-electron chi connectivity index (χ4n) is 3.13. The molecule has 0 spiro atoms. The predicted octanol–water partition coefficient (Wildman–Crippen LogP) is 1.86. The fourth-order valence-corrected chi connectivity index (χ4v) is 3.13. The molecule has 0 saturated heterocycles. The predicted molar refractivity (Wildman–Crippen MR) is 113 cm³/mol. The normalized spacial score (nSPS) is 12.1. The first kappa shape index (κ1) is 19.6. The summed E-state index contributed by atoms with van der Waals surface area (Å²) < 4.78 is 6.91. The molecule has 0 bridgehead atoms. The van der Waals surface area contributed by atoms with Crippen LogP contribution in [0, 0.1) is 0 Å². The van der Waals surface area contributed by atoms with E-state index in [1.807, 2.05) is 48.5 Å². The highest BCUT2D eigenvalue weighted by molar-refractivity contribution is 5.93. The summed E-state index contributed by atoms with van der Waals surface area (Å²) in [5.74, 6) is 1.38. The molecule has 2 heterocycles. The Balaban J connectivity index is 1.81. The lowest BCUT2D eigenvalue weighted by Gasteiger charge is -2.15. The van der Waals surface area contributed by atoms with Crippen LogP contribution in [-0.4, -0.2) is 56.9 Å². The van der Waals surface area contributed by atoms with E-state index in [4.69, 9.17) is 14.8 Å². The Hall–Kier alpha value is -3.72.